The Kier molecular flexibility index (Phi) is 4.72. The largest absolute Gasteiger partial charge is 0.623 e. The van der Waals surface area contributed by atoms with Crippen LogP contribution in [-0.4, -0.2) is 41.3 Å². The van der Waals surface area contributed by atoms with Gasteiger partial charge in [-0.25, -0.2) is 4.74 Å². The molecule has 1 aliphatic heterocycles. The minimum absolute atomic E-state index is 0.208. The van der Waals surface area contributed by atoms with Crippen LogP contribution in [0.15, 0.2) is 4.99 Å². The highest BCUT2D eigenvalue weighted by Gasteiger charge is 2.43. The van der Waals surface area contributed by atoms with Gasteiger partial charge < -0.3 is 10.5 Å². The molecule has 1 N–H and O–H groups in total. The van der Waals surface area contributed by atoms with Crippen LogP contribution in [0.1, 0.15) is 51.4 Å². The highest BCUT2D eigenvalue weighted by atomic mass is 35.5. The van der Waals surface area contributed by atoms with E-state index in [-0.39, 0.29) is 5.38 Å². The summed E-state index contributed by atoms with van der Waals surface area (Å²) in [5.41, 5.74) is 1.12. The molecule has 0 spiro atoms. The lowest BCUT2D eigenvalue weighted by Crippen LogP contribution is -2.47. The Bertz CT molecular complexity index is 443. The molecule has 0 bridgehead atoms. The fourth-order valence-corrected chi connectivity index (χ4v) is 4.65. The number of hydrogen-bond donors (Lipinski definition) is 1. The summed E-state index contributed by atoms with van der Waals surface area (Å²) in [5, 5.41) is 16.5. The molecule has 3 rings (SSSR count). The predicted octanol–water partition coefficient (Wildman–Crippen LogP) is 2.93. The van der Waals surface area contributed by atoms with Crippen LogP contribution in [-0.2, 0) is 0 Å². The number of nitrogens with one attached hydrogen (secondary N) is 1. The Labute approximate surface area is 132 Å². The van der Waals surface area contributed by atoms with Gasteiger partial charge in [-0.1, -0.05) is 19.3 Å². The van der Waals surface area contributed by atoms with Crippen molar-refractivity contribution >= 4 is 23.1 Å². The fraction of sp³-hybridized carbons (Fsp3) is 0.875. The number of amidine groups is 1. The molecule has 0 saturated heterocycles. The summed E-state index contributed by atoms with van der Waals surface area (Å²) in [4.78, 5) is 4.27. The van der Waals surface area contributed by atoms with Crippen LogP contribution in [0.25, 0.3) is 0 Å². The Balaban J connectivity index is 1.93. The molecule has 3 atom stereocenters. The van der Waals surface area contributed by atoms with Crippen LogP contribution in [0.5, 0.6) is 0 Å². The molecule has 0 aromatic carbocycles. The molecule has 3 aliphatic rings. The Morgan fingerprint density at radius 1 is 1.19 bits per heavy atom. The van der Waals surface area contributed by atoms with Crippen molar-refractivity contribution in [1.29, 1.82) is 0 Å². The monoisotopic (exact) mass is 311 g/mol. The van der Waals surface area contributed by atoms with Crippen molar-refractivity contribution < 1.29 is 4.74 Å². The minimum atomic E-state index is 0.208. The van der Waals surface area contributed by atoms with E-state index in [4.69, 9.17) is 11.6 Å². The maximum atomic E-state index is 12.8. The third kappa shape index (κ3) is 3.20. The average Bonchev–Trinajstić information content (AvgIpc) is 2.63. The van der Waals surface area contributed by atoms with Gasteiger partial charge in [-0.2, -0.15) is 0 Å². The highest BCUT2D eigenvalue weighted by Crippen LogP contribution is 2.36. The zero-order valence-electron chi connectivity index (χ0n) is 12.9. The summed E-state index contributed by atoms with van der Waals surface area (Å²) in [7, 11) is 1.77. The number of fused-ring (bicyclic) bond motifs is 1. The zero-order valence-corrected chi connectivity index (χ0v) is 13.6. The summed E-state index contributed by atoms with van der Waals surface area (Å²) in [6.45, 7) is 0.377. The van der Waals surface area contributed by atoms with Crippen LogP contribution in [0, 0.1) is 17.0 Å². The van der Waals surface area contributed by atoms with Crippen molar-refractivity contribution in [2.75, 3.05) is 13.6 Å². The Hall–Kier alpha value is -0.770. The maximum Gasteiger partial charge on any atom is 0.210 e. The molecule has 118 valence electrons. The second-order valence-electron chi connectivity index (χ2n) is 6.73. The number of rotatable bonds is 1. The van der Waals surface area contributed by atoms with Gasteiger partial charge in [0, 0.05) is 24.4 Å². The molecule has 1 heterocycles. The topological polar surface area (TPSA) is 50.5 Å². The van der Waals surface area contributed by atoms with Gasteiger partial charge in [-0.3, -0.25) is 4.99 Å². The lowest BCUT2D eigenvalue weighted by molar-refractivity contribution is -0.446. The van der Waals surface area contributed by atoms with E-state index in [1.165, 1.54) is 36.8 Å². The number of alkyl halides is 1. The van der Waals surface area contributed by atoms with Crippen molar-refractivity contribution in [2.24, 2.45) is 16.8 Å². The molecule has 0 aromatic heterocycles. The van der Waals surface area contributed by atoms with E-state index < -0.39 is 0 Å². The summed E-state index contributed by atoms with van der Waals surface area (Å²) >= 11 is 6.42. The number of nitrogens with zero attached hydrogens (tertiary/aromatic N) is 2. The van der Waals surface area contributed by atoms with E-state index in [0.29, 0.717) is 24.4 Å². The minimum Gasteiger partial charge on any atom is -0.623 e. The molecule has 21 heavy (non-hydrogen) atoms. The van der Waals surface area contributed by atoms with Crippen molar-refractivity contribution in [3.8, 4) is 0 Å². The number of aliphatic imine (C=N–C) groups is 1. The smallest absolute Gasteiger partial charge is 0.210 e. The quantitative estimate of drug-likeness (QED) is 0.460. The third-order valence-corrected chi connectivity index (χ3v) is 5.79. The van der Waals surface area contributed by atoms with Gasteiger partial charge in [0.15, 0.2) is 11.5 Å². The van der Waals surface area contributed by atoms with Crippen molar-refractivity contribution in [3.05, 3.63) is 5.21 Å². The first-order valence-corrected chi connectivity index (χ1v) is 8.80. The van der Waals surface area contributed by atoms with Gasteiger partial charge in [-0.05, 0) is 32.1 Å². The van der Waals surface area contributed by atoms with Gasteiger partial charge in [-0.15, -0.1) is 11.6 Å². The first kappa shape index (κ1) is 15.1. The van der Waals surface area contributed by atoms with Gasteiger partial charge in [0.05, 0.1) is 5.92 Å². The average molecular weight is 312 g/mol. The highest BCUT2D eigenvalue weighted by molar-refractivity contribution is 6.20. The molecule has 0 aromatic rings. The van der Waals surface area contributed by atoms with Crippen LogP contribution in [0.3, 0.4) is 0 Å². The summed E-state index contributed by atoms with van der Waals surface area (Å²) in [6.07, 6.45) is 9.17. The van der Waals surface area contributed by atoms with E-state index in [1.54, 1.807) is 7.05 Å². The lowest BCUT2D eigenvalue weighted by Gasteiger charge is -2.35. The number of halogens is 1. The van der Waals surface area contributed by atoms with Crippen LogP contribution < -0.4 is 5.32 Å². The molecule has 0 amide bonds. The standard InChI is InChI=1S/C16H26ClN3O/c1-18-15-10-20(21)16(11-5-3-2-4-6-11)13-9-12(17)7-8-14(13)19-15/h11-14H,2-10H2,1H3,(H,18,19). The molecule has 2 aliphatic carbocycles. The molecule has 2 fully saturated rings. The maximum absolute atomic E-state index is 12.8. The van der Waals surface area contributed by atoms with Crippen molar-refractivity contribution in [2.45, 2.75) is 62.8 Å². The van der Waals surface area contributed by atoms with E-state index >= 15 is 0 Å². The Morgan fingerprint density at radius 3 is 2.67 bits per heavy atom. The third-order valence-electron chi connectivity index (χ3n) is 5.39. The molecule has 3 unspecified atom stereocenters. The van der Waals surface area contributed by atoms with Crippen LogP contribution in [0.2, 0.25) is 0 Å². The van der Waals surface area contributed by atoms with E-state index in [1.807, 2.05) is 0 Å². The molecular formula is C16H26ClN3O. The second kappa shape index (κ2) is 6.55. The summed E-state index contributed by atoms with van der Waals surface area (Å²) in [5.74, 6) is 1.59. The van der Waals surface area contributed by atoms with Crippen LogP contribution in [0.4, 0.5) is 0 Å². The fourth-order valence-electron chi connectivity index (χ4n) is 4.33. The predicted molar refractivity (Wildman–Crippen MR) is 87.3 cm³/mol. The van der Waals surface area contributed by atoms with Gasteiger partial charge in [0.1, 0.15) is 0 Å². The van der Waals surface area contributed by atoms with E-state index in [2.05, 4.69) is 10.3 Å². The molecule has 0 radical (unpaired) electrons. The lowest BCUT2D eigenvalue weighted by atomic mass is 9.73. The normalized spacial score (nSPS) is 37.0. The van der Waals surface area contributed by atoms with Crippen LogP contribution >= 0.6 is 11.6 Å². The first-order chi connectivity index (χ1) is 10.2. The molecule has 5 heteroatoms. The van der Waals surface area contributed by atoms with Gasteiger partial charge >= 0.3 is 0 Å². The first-order valence-electron chi connectivity index (χ1n) is 8.36. The van der Waals surface area contributed by atoms with Crippen molar-refractivity contribution in [1.82, 2.24) is 5.32 Å². The number of hydroxylamine groups is 1. The summed E-state index contributed by atoms with van der Waals surface area (Å²) in [6, 6.07) is 0.342. The van der Waals surface area contributed by atoms with Crippen molar-refractivity contribution in [3.63, 3.8) is 0 Å². The summed E-state index contributed by atoms with van der Waals surface area (Å²) < 4.78 is 1.24. The molecule has 4 nitrogen and oxygen atoms in total. The van der Waals surface area contributed by atoms with E-state index in [9.17, 15) is 5.21 Å². The second-order valence-corrected chi connectivity index (χ2v) is 7.35. The number of hydrogen-bond acceptors (Lipinski definition) is 2. The zero-order chi connectivity index (χ0) is 14.8. The van der Waals surface area contributed by atoms with Gasteiger partial charge in [0.2, 0.25) is 6.54 Å². The Morgan fingerprint density at radius 2 is 1.95 bits per heavy atom. The molecular weight excluding hydrogens is 286 g/mol. The molecule has 2 saturated carbocycles. The van der Waals surface area contributed by atoms with E-state index in [0.717, 1.165) is 30.8 Å². The van der Waals surface area contributed by atoms with Gasteiger partial charge in [0.25, 0.3) is 0 Å². The SMILES string of the molecule is CN=C1C[N+]([O-])=C(C2CCCCC2)C2CC(Cl)CCC2N1.